The summed E-state index contributed by atoms with van der Waals surface area (Å²) >= 11 is 0. The molecule has 0 aliphatic heterocycles. The molecule has 2 N–H and O–H groups in total. The molecule has 0 radical (unpaired) electrons. The highest BCUT2D eigenvalue weighted by atomic mass is 19.4. The van der Waals surface area contributed by atoms with Gasteiger partial charge in [-0.1, -0.05) is 13.0 Å². The summed E-state index contributed by atoms with van der Waals surface area (Å²) in [6, 6.07) is 3.21. The zero-order chi connectivity index (χ0) is 15.2. The molecule has 0 bridgehead atoms. The maximum atomic E-state index is 13.1. The second-order valence-electron chi connectivity index (χ2n) is 4.80. The van der Waals surface area contributed by atoms with Crippen molar-refractivity contribution in [3.63, 3.8) is 0 Å². The summed E-state index contributed by atoms with van der Waals surface area (Å²) in [4.78, 5) is 0. The standard InChI is InChI=1S/C14H20F4N2/c1-3-6-19-8-10(2)20-9-11-4-5-13(15)12(7-11)14(16,17)18/h4-5,7,10,19-20H,3,6,8-9H2,1-2H3. The molecule has 1 rings (SSSR count). The lowest BCUT2D eigenvalue weighted by atomic mass is 10.1. The van der Waals surface area contributed by atoms with E-state index >= 15 is 0 Å². The Morgan fingerprint density at radius 2 is 1.95 bits per heavy atom. The summed E-state index contributed by atoms with van der Waals surface area (Å²) < 4.78 is 50.8. The maximum absolute atomic E-state index is 13.1. The molecule has 1 atom stereocenters. The first-order valence-electron chi connectivity index (χ1n) is 6.64. The third-order valence-electron chi connectivity index (χ3n) is 2.87. The Morgan fingerprint density at radius 3 is 2.55 bits per heavy atom. The SMILES string of the molecule is CCCNCC(C)NCc1ccc(F)c(C(F)(F)F)c1. The van der Waals surface area contributed by atoms with E-state index in [1.54, 1.807) is 0 Å². The summed E-state index contributed by atoms with van der Waals surface area (Å²) in [5.41, 5.74) is -0.797. The van der Waals surface area contributed by atoms with Gasteiger partial charge in [0.25, 0.3) is 0 Å². The lowest BCUT2D eigenvalue weighted by Gasteiger charge is -2.15. The first-order valence-corrected chi connectivity index (χ1v) is 6.64. The van der Waals surface area contributed by atoms with Crippen molar-refractivity contribution in [2.75, 3.05) is 13.1 Å². The predicted octanol–water partition coefficient (Wildman–Crippen LogP) is 3.32. The summed E-state index contributed by atoms with van der Waals surface area (Å²) in [7, 11) is 0. The van der Waals surface area contributed by atoms with Crippen molar-refractivity contribution in [1.29, 1.82) is 0 Å². The summed E-state index contributed by atoms with van der Waals surface area (Å²) in [5.74, 6) is -1.24. The Labute approximate surface area is 116 Å². The van der Waals surface area contributed by atoms with E-state index in [0.29, 0.717) is 5.56 Å². The monoisotopic (exact) mass is 292 g/mol. The van der Waals surface area contributed by atoms with Gasteiger partial charge in [0.1, 0.15) is 5.82 Å². The van der Waals surface area contributed by atoms with Crippen molar-refractivity contribution in [3.05, 3.63) is 35.1 Å². The van der Waals surface area contributed by atoms with Crippen LogP contribution in [-0.2, 0) is 12.7 Å². The molecule has 0 aliphatic rings. The number of alkyl halides is 3. The molecule has 0 aliphatic carbocycles. The smallest absolute Gasteiger partial charge is 0.315 e. The predicted molar refractivity (Wildman–Crippen MR) is 70.9 cm³/mol. The maximum Gasteiger partial charge on any atom is 0.419 e. The van der Waals surface area contributed by atoms with E-state index in [1.807, 2.05) is 6.92 Å². The van der Waals surface area contributed by atoms with Gasteiger partial charge < -0.3 is 10.6 Å². The van der Waals surface area contributed by atoms with E-state index in [-0.39, 0.29) is 12.6 Å². The third-order valence-corrected chi connectivity index (χ3v) is 2.87. The molecule has 0 amide bonds. The van der Waals surface area contributed by atoms with Crippen LogP contribution in [-0.4, -0.2) is 19.1 Å². The van der Waals surface area contributed by atoms with Crippen molar-refractivity contribution in [2.24, 2.45) is 0 Å². The molecule has 20 heavy (non-hydrogen) atoms. The number of benzene rings is 1. The highest BCUT2D eigenvalue weighted by Gasteiger charge is 2.34. The van der Waals surface area contributed by atoms with Gasteiger partial charge in [0.15, 0.2) is 0 Å². The fraction of sp³-hybridized carbons (Fsp3) is 0.571. The number of halogens is 4. The van der Waals surface area contributed by atoms with Crippen LogP contribution < -0.4 is 10.6 Å². The molecule has 0 spiro atoms. The fourth-order valence-electron chi connectivity index (χ4n) is 1.76. The molecule has 1 aromatic rings. The average molecular weight is 292 g/mol. The summed E-state index contributed by atoms with van der Waals surface area (Å²) in [5, 5.41) is 6.32. The van der Waals surface area contributed by atoms with Crippen LogP contribution in [0.1, 0.15) is 31.4 Å². The number of hydrogen-bond donors (Lipinski definition) is 2. The quantitative estimate of drug-likeness (QED) is 0.595. The molecule has 114 valence electrons. The molecule has 0 saturated heterocycles. The van der Waals surface area contributed by atoms with E-state index < -0.39 is 17.6 Å². The zero-order valence-corrected chi connectivity index (χ0v) is 11.6. The lowest BCUT2D eigenvalue weighted by molar-refractivity contribution is -0.140. The van der Waals surface area contributed by atoms with Gasteiger partial charge in [-0.15, -0.1) is 0 Å². The van der Waals surface area contributed by atoms with Gasteiger partial charge >= 0.3 is 6.18 Å². The van der Waals surface area contributed by atoms with Crippen molar-refractivity contribution >= 4 is 0 Å². The molecule has 1 unspecified atom stereocenters. The Hall–Kier alpha value is -1.14. The highest BCUT2D eigenvalue weighted by Crippen LogP contribution is 2.31. The van der Waals surface area contributed by atoms with Crippen molar-refractivity contribution in [1.82, 2.24) is 10.6 Å². The minimum absolute atomic E-state index is 0.126. The lowest BCUT2D eigenvalue weighted by Crippen LogP contribution is -2.36. The van der Waals surface area contributed by atoms with Crippen LogP contribution in [0.15, 0.2) is 18.2 Å². The van der Waals surface area contributed by atoms with Crippen molar-refractivity contribution in [2.45, 2.75) is 39.0 Å². The Balaban J connectivity index is 2.56. The Bertz CT molecular complexity index is 418. The van der Waals surface area contributed by atoms with Crippen LogP contribution in [0.3, 0.4) is 0 Å². The topological polar surface area (TPSA) is 24.1 Å². The molecular weight excluding hydrogens is 272 g/mol. The second-order valence-corrected chi connectivity index (χ2v) is 4.80. The normalized spacial score (nSPS) is 13.5. The Kier molecular flexibility index (Phi) is 6.42. The van der Waals surface area contributed by atoms with Gasteiger partial charge in [0.2, 0.25) is 0 Å². The van der Waals surface area contributed by atoms with Crippen LogP contribution in [0.5, 0.6) is 0 Å². The van der Waals surface area contributed by atoms with Gasteiger partial charge in [-0.25, -0.2) is 4.39 Å². The van der Waals surface area contributed by atoms with E-state index in [9.17, 15) is 17.6 Å². The number of nitrogens with one attached hydrogen (secondary N) is 2. The van der Waals surface area contributed by atoms with Gasteiger partial charge in [0, 0.05) is 19.1 Å². The number of rotatable bonds is 7. The molecule has 0 heterocycles. The van der Waals surface area contributed by atoms with Crippen LogP contribution in [0.25, 0.3) is 0 Å². The first-order chi connectivity index (χ1) is 9.34. The largest absolute Gasteiger partial charge is 0.419 e. The van der Waals surface area contributed by atoms with Crippen LogP contribution in [0.2, 0.25) is 0 Å². The van der Waals surface area contributed by atoms with E-state index in [1.165, 1.54) is 6.07 Å². The van der Waals surface area contributed by atoms with Crippen molar-refractivity contribution in [3.8, 4) is 0 Å². The van der Waals surface area contributed by atoms with Crippen molar-refractivity contribution < 1.29 is 17.6 Å². The van der Waals surface area contributed by atoms with Gasteiger partial charge in [-0.05, 0) is 37.6 Å². The van der Waals surface area contributed by atoms with Crippen LogP contribution in [0, 0.1) is 5.82 Å². The van der Waals surface area contributed by atoms with E-state index in [0.717, 1.165) is 31.6 Å². The fourth-order valence-corrected chi connectivity index (χ4v) is 1.76. The summed E-state index contributed by atoms with van der Waals surface area (Å²) in [6.07, 6.45) is -3.63. The molecule has 6 heteroatoms. The van der Waals surface area contributed by atoms with Gasteiger partial charge in [-0.3, -0.25) is 0 Å². The van der Waals surface area contributed by atoms with Crippen LogP contribution >= 0.6 is 0 Å². The molecule has 0 saturated carbocycles. The molecule has 0 aromatic heterocycles. The zero-order valence-electron chi connectivity index (χ0n) is 11.6. The van der Waals surface area contributed by atoms with E-state index in [4.69, 9.17) is 0 Å². The second kappa shape index (κ2) is 7.59. The average Bonchev–Trinajstić information content (AvgIpc) is 2.36. The van der Waals surface area contributed by atoms with Gasteiger partial charge in [-0.2, -0.15) is 13.2 Å². The minimum atomic E-state index is -4.66. The van der Waals surface area contributed by atoms with Gasteiger partial charge in [0.05, 0.1) is 5.56 Å². The first kappa shape index (κ1) is 16.9. The third kappa shape index (κ3) is 5.46. The Morgan fingerprint density at radius 1 is 1.25 bits per heavy atom. The number of hydrogen-bond acceptors (Lipinski definition) is 2. The molecule has 1 aromatic carbocycles. The highest BCUT2D eigenvalue weighted by molar-refractivity contribution is 5.27. The van der Waals surface area contributed by atoms with Crippen LogP contribution in [0.4, 0.5) is 17.6 Å². The summed E-state index contributed by atoms with van der Waals surface area (Å²) in [6.45, 7) is 5.92. The minimum Gasteiger partial charge on any atom is -0.315 e. The van der Waals surface area contributed by atoms with E-state index in [2.05, 4.69) is 17.6 Å². The molecular formula is C14H20F4N2. The molecule has 2 nitrogen and oxygen atoms in total. The molecule has 0 fully saturated rings.